The second kappa shape index (κ2) is 8.26. The van der Waals surface area contributed by atoms with Gasteiger partial charge in [-0.05, 0) is 19.1 Å². The normalized spacial score (nSPS) is 14.6. The van der Waals surface area contributed by atoms with E-state index in [1.54, 1.807) is 34.9 Å². The van der Waals surface area contributed by atoms with Crippen LogP contribution in [0.15, 0.2) is 18.2 Å². The molecule has 0 spiro atoms. The van der Waals surface area contributed by atoms with Crippen molar-refractivity contribution in [2.45, 2.75) is 6.92 Å². The van der Waals surface area contributed by atoms with E-state index in [9.17, 15) is 9.59 Å². The van der Waals surface area contributed by atoms with E-state index in [1.807, 2.05) is 0 Å². The van der Waals surface area contributed by atoms with Gasteiger partial charge in [0.25, 0.3) is 0 Å². The fourth-order valence-corrected chi connectivity index (χ4v) is 2.64. The molecule has 0 atom stereocenters. The van der Waals surface area contributed by atoms with Crippen molar-refractivity contribution in [3.8, 4) is 0 Å². The Morgan fingerprint density at radius 2 is 1.83 bits per heavy atom. The lowest BCUT2D eigenvalue weighted by Gasteiger charge is -2.34. The molecule has 2 rings (SSSR count). The number of amides is 2. The van der Waals surface area contributed by atoms with Gasteiger partial charge in [0.2, 0.25) is 5.91 Å². The van der Waals surface area contributed by atoms with Crippen LogP contribution in [0.3, 0.4) is 0 Å². The summed E-state index contributed by atoms with van der Waals surface area (Å²) in [7, 11) is 0. The number of anilines is 1. The SMILES string of the molecule is CCOC(=O)N1CCN(C(=O)CNc2cccc(Cl)c2Cl)CC1. The van der Waals surface area contributed by atoms with Crippen LogP contribution >= 0.6 is 23.2 Å². The number of ether oxygens (including phenoxy) is 1. The van der Waals surface area contributed by atoms with E-state index < -0.39 is 0 Å². The predicted octanol–water partition coefficient (Wildman–Crippen LogP) is 2.71. The van der Waals surface area contributed by atoms with E-state index in [2.05, 4.69) is 5.32 Å². The summed E-state index contributed by atoms with van der Waals surface area (Å²) < 4.78 is 4.95. The van der Waals surface area contributed by atoms with Crippen LogP contribution in [0.25, 0.3) is 0 Å². The molecule has 0 unspecified atom stereocenters. The molecule has 6 nitrogen and oxygen atoms in total. The van der Waals surface area contributed by atoms with Gasteiger partial charge in [-0.3, -0.25) is 4.79 Å². The van der Waals surface area contributed by atoms with Crippen molar-refractivity contribution in [1.29, 1.82) is 0 Å². The summed E-state index contributed by atoms with van der Waals surface area (Å²) in [5.74, 6) is -0.0513. The molecule has 1 aliphatic rings. The van der Waals surface area contributed by atoms with Crippen molar-refractivity contribution in [2.24, 2.45) is 0 Å². The summed E-state index contributed by atoms with van der Waals surface area (Å²) in [4.78, 5) is 27.2. The highest BCUT2D eigenvalue weighted by molar-refractivity contribution is 6.43. The highest BCUT2D eigenvalue weighted by Gasteiger charge is 2.24. The maximum absolute atomic E-state index is 12.2. The van der Waals surface area contributed by atoms with Crippen LogP contribution in [0.2, 0.25) is 10.0 Å². The van der Waals surface area contributed by atoms with Crippen LogP contribution in [0.1, 0.15) is 6.92 Å². The number of nitrogens with one attached hydrogen (secondary N) is 1. The number of hydrogen-bond donors (Lipinski definition) is 1. The molecular formula is C15H19Cl2N3O3. The van der Waals surface area contributed by atoms with E-state index in [4.69, 9.17) is 27.9 Å². The summed E-state index contributed by atoms with van der Waals surface area (Å²) in [6, 6.07) is 5.21. The standard InChI is InChI=1S/C15H19Cl2N3O3/c1-2-23-15(22)20-8-6-19(7-9-20)13(21)10-18-12-5-3-4-11(16)14(12)17/h3-5,18H,2,6-10H2,1H3. The van der Waals surface area contributed by atoms with Gasteiger partial charge in [-0.15, -0.1) is 0 Å². The lowest BCUT2D eigenvalue weighted by atomic mass is 10.3. The van der Waals surface area contributed by atoms with E-state index in [1.165, 1.54) is 0 Å². The minimum atomic E-state index is -0.330. The molecular weight excluding hydrogens is 341 g/mol. The van der Waals surface area contributed by atoms with Gasteiger partial charge in [-0.2, -0.15) is 0 Å². The Morgan fingerprint density at radius 3 is 2.48 bits per heavy atom. The number of piperazine rings is 1. The molecule has 1 fully saturated rings. The maximum atomic E-state index is 12.2. The summed E-state index contributed by atoms with van der Waals surface area (Å²) in [5.41, 5.74) is 0.623. The van der Waals surface area contributed by atoms with Gasteiger partial charge in [-0.1, -0.05) is 29.3 Å². The van der Waals surface area contributed by atoms with Gasteiger partial charge in [0, 0.05) is 26.2 Å². The van der Waals surface area contributed by atoms with Crippen molar-refractivity contribution in [1.82, 2.24) is 9.80 Å². The van der Waals surface area contributed by atoms with Crippen molar-refractivity contribution in [2.75, 3.05) is 44.6 Å². The minimum absolute atomic E-state index is 0.0513. The Labute approximate surface area is 145 Å². The van der Waals surface area contributed by atoms with Crippen molar-refractivity contribution in [3.63, 3.8) is 0 Å². The van der Waals surface area contributed by atoms with Crippen LogP contribution in [-0.2, 0) is 9.53 Å². The first-order valence-corrected chi connectivity index (χ1v) is 8.16. The quantitative estimate of drug-likeness (QED) is 0.897. The summed E-state index contributed by atoms with van der Waals surface area (Å²) >= 11 is 12.0. The third-order valence-corrected chi connectivity index (χ3v) is 4.36. The highest BCUT2D eigenvalue weighted by Crippen LogP contribution is 2.29. The Morgan fingerprint density at radius 1 is 1.17 bits per heavy atom. The van der Waals surface area contributed by atoms with Gasteiger partial charge in [0.15, 0.2) is 0 Å². The van der Waals surface area contributed by atoms with Crippen LogP contribution in [0.5, 0.6) is 0 Å². The number of carbonyl (C=O) groups is 2. The van der Waals surface area contributed by atoms with Gasteiger partial charge in [0.05, 0.1) is 28.9 Å². The number of hydrogen-bond acceptors (Lipinski definition) is 4. The van der Waals surface area contributed by atoms with Crippen molar-refractivity contribution >= 4 is 40.9 Å². The third kappa shape index (κ3) is 4.65. The minimum Gasteiger partial charge on any atom is -0.450 e. The van der Waals surface area contributed by atoms with E-state index in [0.717, 1.165) is 0 Å². The second-order valence-corrected chi connectivity index (χ2v) is 5.81. The zero-order valence-electron chi connectivity index (χ0n) is 12.8. The molecule has 0 aliphatic carbocycles. The fourth-order valence-electron chi connectivity index (χ4n) is 2.28. The lowest BCUT2D eigenvalue weighted by molar-refractivity contribution is -0.130. The van der Waals surface area contributed by atoms with Gasteiger partial charge in [-0.25, -0.2) is 4.79 Å². The summed E-state index contributed by atoms with van der Waals surface area (Å²) in [6.45, 7) is 4.17. The van der Waals surface area contributed by atoms with Crippen LogP contribution in [0.4, 0.5) is 10.5 Å². The molecule has 1 N–H and O–H groups in total. The first kappa shape index (κ1) is 17.7. The fraction of sp³-hybridized carbons (Fsp3) is 0.467. The largest absolute Gasteiger partial charge is 0.450 e. The van der Waals surface area contributed by atoms with Crippen molar-refractivity contribution in [3.05, 3.63) is 28.2 Å². The number of benzene rings is 1. The molecule has 1 aromatic rings. The second-order valence-electron chi connectivity index (χ2n) is 5.02. The molecule has 8 heteroatoms. The van der Waals surface area contributed by atoms with E-state index in [-0.39, 0.29) is 18.5 Å². The first-order chi connectivity index (χ1) is 11.0. The van der Waals surface area contributed by atoms with Crippen LogP contribution < -0.4 is 5.32 Å². The molecule has 1 aliphatic heterocycles. The molecule has 0 radical (unpaired) electrons. The van der Waals surface area contributed by atoms with Crippen LogP contribution in [0, 0.1) is 0 Å². The zero-order valence-corrected chi connectivity index (χ0v) is 14.4. The van der Waals surface area contributed by atoms with Gasteiger partial charge >= 0.3 is 6.09 Å². The lowest BCUT2D eigenvalue weighted by Crippen LogP contribution is -2.51. The topological polar surface area (TPSA) is 61.9 Å². The summed E-state index contributed by atoms with van der Waals surface area (Å²) in [5, 5.41) is 3.83. The molecule has 126 valence electrons. The molecule has 0 aromatic heterocycles. The third-order valence-electron chi connectivity index (χ3n) is 3.54. The van der Waals surface area contributed by atoms with Gasteiger partial charge in [0.1, 0.15) is 0 Å². The first-order valence-electron chi connectivity index (χ1n) is 7.40. The van der Waals surface area contributed by atoms with Crippen LogP contribution in [-0.4, -0.2) is 61.1 Å². The van der Waals surface area contributed by atoms with Gasteiger partial charge < -0.3 is 19.9 Å². The molecule has 23 heavy (non-hydrogen) atoms. The average Bonchev–Trinajstić information content (AvgIpc) is 2.56. The highest BCUT2D eigenvalue weighted by atomic mass is 35.5. The molecule has 0 bridgehead atoms. The Kier molecular flexibility index (Phi) is 6.36. The predicted molar refractivity (Wildman–Crippen MR) is 90.1 cm³/mol. The van der Waals surface area contributed by atoms with E-state index >= 15 is 0 Å². The Bertz CT molecular complexity index is 575. The zero-order chi connectivity index (χ0) is 16.8. The number of nitrogens with zero attached hydrogens (tertiary/aromatic N) is 2. The smallest absolute Gasteiger partial charge is 0.409 e. The van der Waals surface area contributed by atoms with E-state index in [0.29, 0.717) is 48.5 Å². The van der Waals surface area contributed by atoms with Crippen molar-refractivity contribution < 1.29 is 14.3 Å². The number of halogens is 2. The average molecular weight is 360 g/mol. The molecule has 1 saturated heterocycles. The number of carbonyl (C=O) groups excluding carboxylic acids is 2. The molecule has 0 saturated carbocycles. The number of rotatable bonds is 4. The maximum Gasteiger partial charge on any atom is 0.409 e. The molecule has 1 heterocycles. The molecule has 2 amide bonds. The summed E-state index contributed by atoms with van der Waals surface area (Å²) in [6.07, 6.45) is -0.330. The molecule has 1 aromatic carbocycles. The Balaban J connectivity index is 1.81. The monoisotopic (exact) mass is 359 g/mol. The Hall–Kier alpha value is -1.66.